The molecule has 1 unspecified atom stereocenters. The monoisotopic (exact) mass is 360 g/mol. The summed E-state index contributed by atoms with van der Waals surface area (Å²) in [6.45, 7) is 12.2. The Morgan fingerprint density at radius 2 is 2.12 bits per heavy atom. The fourth-order valence-electron chi connectivity index (χ4n) is 3.47. The van der Waals surface area contributed by atoms with Gasteiger partial charge < -0.3 is 13.8 Å². The summed E-state index contributed by atoms with van der Waals surface area (Å²) < 4.78 is 11.2. The molecule has 142 valence electrons. The summed E-state index contributed by atoms with van der Waals surface area (Å²) in [5, 5.41) is 3.85. The molecular weight excluding hydrogens is 332 g/mol. The standard InChI is InChI=1S/C19H28N4O3/c1-5-16-15(11-22(6-2)7-3)10-17(25-16)19(24)23-9-8-14(12-23)18-20-13(4)21-26-18/h10,14H,5-9,11-12H2,1-4H3. The first-order chi connectivity index (χ1) is 12.5. The number of carbonyl (C=O) groups is 1. The third-order valence-corrected chi connectivity index (χ3v) is 5.08. The van der Waals surface area contributed by atoms with Crippen molar-refractivity contribution in [1.82, 2.24) is 19.9 Å². The van der Waals surface area contributed by atoms with Crippen molar-refractivity contribution in [1.29, 1.82) is 0 Å². The van der Waals surface area contributed by atoms with Gasteiger partial charge in [0.05, 0.1) is 5.92 Å². The Bertz CT molecular complexity index is 748. The number of amides is 1. The minimum Gasteiger partial charge on any atom is -0.456 e. The molecule has 0 bridgehead atoms. The van der Waals surface area contributed by atoms with E-state index in [0.717, 1.165) is 43.8 Å². The van der Waals surface area contributed by atoms with Gasteiger partial charge in [-0.05, 0) is 32.5 Å². The highest BCUT2D eigenvalue weighted by molar-refractivity contribution is 5.92. The summed E-state index contributed by atoms with van der Waals surface area (Å²) in [6, 6.07) is 1.92. The van der Waals surface area contributed by atoms with Crippen LogP contribution in [0.25, 0.3) is 0 Å². The second-order valence-corrected chi connectivity index (χ2v) is 6.79. The molecule has 0 N–H and O–H groups in total. The molecule has 3 rings (SSSR count). The molecule has 1 aliphatic rings. The minimum absolute atomic E-state index is 0.0516. The number of hydrogen-bond donors (Lipinski definition) is 0. The van der Waals surface area contributed by atoms with Gasteiger partial charge in [-0.3, -0.25) is 9.69 Å². The van der Waals surface area contributed by atoms with E-state index in [-0.39, 0.29) is 11.8 Å². The maximum absolute atomic E-state index is 12.9. The summed E-state index contributed by atoms with van der Waals surface area (Å²) in [4.78, 5) is 21.3. The lowest BCUT2D eigenvalue weighted by Gasteiger charge is -2.17. The van der Waals surface area contributed by atoms with E-state index < -0.39 is 0 Å². The number of likely N-dealkylation sites (tertiary alicyclic amines) is 1. The van der Waals surface area contributed by atoms with Crippen LogP contribution in [0.3, 0.4) is 0 Å². The van der Waals surface area contributed by atoms with Crippen LogP contribution in [0.5, 0.6) is 0 Å². The zero-order chi connectivity index (χ0) is 18.7. The lowest BCUT2D eigenvalue weighted by Crippen LogP contribution is -2.28. The number of rotatable bonds is 7. The number of hydrogen-bond acceptors (Lipinski definition) is 6. The Kier molecular flexibility index (Phi) is 5.76. The van der Waals surface area contributed by atoms with E-state index >= 15 is 0 Å². The molecule has 3 heterocycles. The van der Waals surface area contributed by atoms with Crippen LogP contribution in [0.15, 0.2) is 15.0 Å². The predicted octanol–water partition coefficient (Wildman–Crippen LogP) is 3.00. The van der Waals surface area contributed by atoms with Gasteiger partial charge in [-0.2, -0.15) is 4.98 Å². The van der Waals surface area contributed by atoms with Crippen molar-refractivity contribution in [3.05, 3.63) is 34.9 Å². The zero-order valence-electron chi connectivity index (χ0n) is 16.1. The topological polar surface area (TPSA) is 75.6 Å². The summed E-state index contributed by atoms with van der Waals surface area (Å²) in [5.41, 5.74) is 1.11. The first-order valence-electron chi connectivity index (χ1n) is 9.49. The van der Waals surface area contributed by atoms with Gasteiger partial charge in [0.2, 0.25) is 5.89 Å². The second-order valence-electron chi connectivity index (χ2n) is 6.79. The first kappa shape index (κ1) is 18.6. The molecule has 0 radical (unpaired) electrons. The molecule has 1 amide bonds. The maximum Gasteiger partial charge on any atom is 0.289 e. The van der Waals surface area contributed by atoms with Gasteiger partial charge in [0.1, 0.15) is 5.76 Å². The number of carbonyl (C=O) groups excluding carboxylic acids is 1. The van der Waals surface area contributed by atoms with Crippen LogP contribution in [0.4, 0.5) is 0 Å². The van der Waals surface area contributed by atoms with Gasteiger partial charge in [0.25, 0.3) is 5.91 Å². The Labute approximate surface area is 154 Å². The Morgan fingerprint density at radius 1 is 1.35 bits per heavy atom. The molecular formula is C19H28N4O3. The van der Waals surface area contributed by atoms with Gasteiger partial charge in [0, 0.05) is 31.6 Å². The van der Waals surface area contributed by atoms with Crippen LogP contribution in [-0.4, -0.2) is 52.0 Å². The van der Waals surface area contributed by atoms with Crippen molar-refractivity contribution in [2.45, 2.75) is 53.0 Å². The summed E-state index contributed by atoms with van der Waals surface area (Å²) in [5.74, 6) is 2.65. The van der Waals surface area contributed by atoms with Crippen LogP contribution in [0.2, 0.25) is 0 Å². The molecule has 1 atom stereocenters. The second kappa shape index (κ2) is 8.03. The van der Waals surface area contributed by atoms with Gasteiger partial charge in [-0.25, -0.2) is 0 Å². The average molecular weight is 360 g/mol. The van der Waals surface area contributed by atoms with Crippen LogP contribution < -0.4 is 0 Å². The highest BCUT2D eigenvalue weighted by atomic mass is 16.5. The number of aromatic nitrogens is 2. The predicted molar refractivity (Wildman–Crippen MR) is 97.0 cm³/mol. The minimum atomic E-state index is -0.0516. The highest BCUT2D eigenvalue weighted by Crippen LogP contribution is 2.28. The van der Waals surface area contributed by atoms with Crippen LogP contribution in [0.1, 0.15) is 66.7 Å². The van der Waals surface area contributed by atoms with Crippen LogP contribution in [-0.2, 0) is 13.0 Å². The molecule has 1 aliphatic heterocycles. The molecule has 0 aromatic carbocycles. The first-order valence-corrected chi connectivity index (χ1v) is 9.49. The molecule has 7 heteroatoms. The molecule has 0 saturated carbocycles. The molecule has 2 aromatic heterocycles. The van der Waals surface area contributed by atoms with Crippen molar-refractivity contribution < 1.29 is 13.7 Å². The average Bonchev–Trinajstić information content (AvgIpc) is 3.37. The number of nitrogens with zero attached hydrogens (tertiary/aromatic N) is 4. The maximum atomic E-state index is 12.9. The Hall–Kier alpha value is -2.15. The number of aryl methyl sites for hydroxylation is 2. The Morgan fingerprint density at radius 3 is 2.73 bits per heavy atom. The third kappa shape index (κ3) is 3.82. The Balaban J connectivity index is 1.71. The molecule has 0 aliphatic carbocycles. The molecule has 0 spiro atoms. The van der Waals surface area contributed by atoms with Crippen molar-refractivity contribution >= 4 is 5.91 Å². The number of furan rings is 1. The van der Waals surface area contributed by atoms with Gasteiger partial charge in [-0.1, -0.05) is 25.9 Å². The fourth-order valence-corrected chi connectivity index (χ4v) is 3.47. The van der Waals surface area contributed by atoms with E-state index in [4.69, 9.17) is 8.94 Å². The van der Waals surface area contributed by atoms with Crippen molar-refractivity contribution in [2.75, 3.05) is 26.2 Å². The van der Waals surface area contributed by atoms with Crippen LogP contribution in [0, 0.1) is 6.92 Å². The molecule has 2 aromatic rings. The zero-order valence-corrected chi connectivity index (χ0v) is 16.1. The quantitative estimate of drug-likeness (QED) is 0.755. The van der Waals surface area contributed by atoms with Gasteiger partial charge in [-0.15, -0.1) is 0 Å². The lowest BCUT2D eigenvalue weighted by molar-refractivity contribution is 0.0756. The summed E-state index contributed by atoms with van der Waals surface area (Å²) >= 11 is 0. The molecule has 7 nitrogen and oxygen atoms in total. The smallest absolute Gasteiger partial charge is 0.289 e. The summed E-state index contributed by atoms with van der Waals surface area (Å²) in [6.07, 6.45) is 1.62. The van der Waals surface area contributed by atoms with Crippen molar-refractivity contribution in [3.8, 4) is 0 Å². The normalized spacial score (nSPS) is 17.4. The molecule has 1 fully saturated rings. The van der Waals surface area contributed by atoms with E-state index in [1.165, 1.54) is 0 Å². The van der Waals surface area contributed by atoms with E-state index in [9.17, 15) is 4.79 Å². The fraction of sp³-hybridized carbons (Fsp3) is 0.632. The molecule has 26 heavy (non-hydrogen) atoms. The summed E-state index contributed by atoms with van der Waals surface area (Å²) in [7, 11) is 0. The third-order valence-electron chi connectivity index (χ3n) is 5.08. The molecule has 1 saturated heterocycles. The SMILES string of the molecule is CCc1oc(C(=O)N2CCC(c3nc(C)no3)C2)cc1CN(CC)CC. The highest BCUT2D eigenvalue weighted by Gasteiger charge is 2.33. The van der Waals surface area contributed by atoms with Gasteiger partial charge in [0.15, 0.2) is 11.6 Å². The van der Waals surface area contributed by atoms with Crippen molar-refractivity contribution in [3.63, 3.8) is 0 Å². The van der Waals surface area contributed by atoms with E-state index in [1.807, 2.05) is 11.0 Å². The van der Waals surface area contributed by atoms with E-state index in [1.54, 1.807) is 6.92 Å². The lowest BCUT2D eigenvalue weighted by atomic mass is 10.1. The van der Waals surface area contributed by atoms with Gasteiger partial charge >= 0.3 is 0 Å². The van der Waals surface area contributed by atoms with Crippen LogP contribution >= 0.6 is 0 Å². The van der Waals surface area contributed by atoms with Crippen molar-refractivity contribution in [2.24, 2.45) is 0 Å². The van der Waals surface area contributed by atoms with E-state index in [0.29, 0.717) is 30.6 Å². The largest absolute Gasteiger partial charge is 0.456 e. The van der Waals surface area contributed by atoms with E-state index in [2.05, 4.69) is 35.8 Å².